The van der Waals surface area contributed by atoms with Crippen molar-refractivity contribution in [2.24, 2.45) is 0 Å². The Labute approximate surface area is 120 Å². The Balaban J connectivity index is 2.03. The molecule has 1 aromatic heterocycles. The summed E-state index contributed by atoms with van der Waals surface area (Å²) in [6.45, 7) is 6.12. The summed E-state index contributed by atoms with van der Waals surface area (Å²) in [6.07, 6.45) is 3.57. The number of aromatic nitrogens is 1. The summed E-state index contributed by atoms with van der Waals surface area (Å²) < 4.78 is 0. The van der Waals surface area contributed by atoms with Crippen molar-refractivity contribution < 1.29 is 4.79 Å². The molecular formula is C17H20N2O. The van der Waals surface area contributed by atoms with E-state index in [1.165, 1.54) is 5.56 Å². The van der Waals surface area contributed by atoms with E-state index in [1.807, 2.05) is 43.3 Å². The van der Waals surface area contributed by atoms with E-state index >= 15 is 0 Å². The Bertz CT molecular complexity index is 566. The molecule has 2 aromatic rings. The number of hydrogen-bond acceptors (Lipinski definition) is 3. The molecule has 0 saturated heterocycles. The molecule has 104 valence electrons. The SMILES string of the molecule is CCN(CC(=O)c1ccccc1C)Cc1ccncc1. The van der Waals surface area contributed by atoms with E-state index in [0.717, 1.165) is 24.2 Å². The third kappa shape index (κ3) is 3.75. The number of pyridine rings is 1. The first kappa shape index (κ1) is 14.4. The molecule has 0 amide bonds. The highest BCUT2D eigenvalue weighted by Gasteiger charge is 2.13. The molecule has 0 bridgehead atoms. The second-order valence-corrected chi connectivity index (χ2v) is 4.90. The van der Waals surface area contributed by atoms with Crippen molar-refractivity contribution >= 4 is 5.78 Å². The predicted molar refractivity (Wildman–Crippen MR) is 80.7 cm³/mol. The maximum atomic E-state index is 12.4. The van der Waals surface area contributed by atoms with Crippen LogP contribution in [0.4, 0.5) is 0 Å². The molecule has 0 radical (unpaired) electrons. The number of Topliss-reactive ketones (excluding diaryl/α,β-unsaturated/α-hetero) is 1. The predicted octanol–water partition coefficient (Wildman–Crippen LogP) is 3.09. The number of likely N-dealkylation sites (N-methyl/N-ethyl adjacent to an activating group) is 1. The van der Waals surface area contributed by atoms with Crippen LogP contribution in [-0.4, -0.2) is 28.8 Å². The molecule has 0 spiro atoms. The van der Waals surface area contributed by atoms with Crippen molar-refractivity contribution in [3.8, 4) is 0 Å². The van der Waals surface area contributed by atoms with Gasteiger partial charge < -0.3 is 0 Å². The average molecular weight is 268 g/mol. The second-order valence-electron chi connectivity index (χ2n) is 4.90. The molecule has 3 nitrogen and oxygen atoms in total. The Morgan fingerprint density at radius 3 is 2.50 bits per heavy atom. The molecule has 20 heavy (non-hydrogen) atoms. The van der Waals surface area contributed by atoms with Gasteiger partial charge in [0.1, 0.15) is 0 Å². The van der Waals surface area contributed by atoms with Crippen molar-refractivity contribution in [2.45, 2.75) is 20.4 Å². The van der Waals surface area contributed by atoms with Crippen molar-refractivity contribution in [1.82, 2.24) is 9.88 Å². The number of aryl methyl sites for hydroxylation is 1. The van der Waals surface area contributed by atoms with E-state index in [2.05, 4.69) is 16.8 Å². The van der Waals surface area contributed by atoms with E-state index in [0.29, 0.717) is 6.54 Å². The first-order valence-electron chi connectivity index (χ1n) is 6.90. The van der Waals surface area contributed by atoms with Crippen LogP contribution in [0, 0.1) is 6.92 Å². The summed E-state index contributed by atoms with van der Waals surface area (Å²) in [5.74, 6) is 0.180. The van der Waals surface area contributed by atoms with Crippen molar-refractivity contribution in [1.29, 1.82) is 0 Å². The van der Waals surface area contributed by atoms with E-state index < -0.39 is 0 Å². The van der Waals surface area contributed by atoms with Crippen LogP contribution < -0.4 is 0 Å². The highest BCUT2D eigenvalue weighted by Crippen LogP contribution is 2.10. The molecule has 3 heteroatoms. The Kier molecular flexibility index (Phi) is 5.02. The standard InChI is InChI=1S/C17H20N2O/c1-3-19(12-15-8-10-18-11-9-15)13-17(20)16-7-5-4-6-14(16)2/h4-11H,3,12-13H2,1-2H3. The Morgan fingerprint density at radius 2 is 1.85 bits per heavy atom. The zero-order valence-corrected chi connectivity index (χ0v) is 12.0. The molecule has 0 aliphatic heterocycles. The number of hydrogen-bond donors (Lipinski definition) is 0. The third-order valence-electron chi connectivity index (χ3n) is 3.42. The molecule has 2 rings (SSSR count). The summed E-state index contributed by atoms with van der Waals surface area (Å²) in [5.41, 5.74) is 3.04. The van der Waals surface area contributed by atoms with Crippen molar-refractivity contribution in [3.63, 3.8) is 0 Å². The lowest BCUT2D eigenvalue weighted by atomic mass is 10.0. The highest BCUT2D eigenvalue weighted by atomic mass is 16.1. The van der Waals surface area contributed by atoms with Crippen LogP contribution >= 0.6 is 0 Å². The Hall–Kier alpha value is -2.00. The van der Waals surface area contributed by atoms with Gasteiger partial charge >= 0.3 is 0 Å². The quantitative estimate of drug-likeness (QED) is 0.755. The minimum Gasteiger partial charge on any atom is -0.293 e. The number of rotatable bonds is 6. The lowest BCUT2D eigenvalue weighted by Gasteiger charge is -2.20. The summed E-state index contributed by atoms with van der Waals surface area (Å²) in [5, 5.41) is 0. The van der Waals surface area contributed by atoms with Gasteiger partial charge in [-0.3, -0.25) is 14.7 Å². The van der Waals surface area contributed by atoms with Gasteiger partial charge in [-0.25, -0.2) is 0 Å². The van der Waals surface area contributed by atoms with Crippen LogP contribution in [0.2, 0.25) is 0 Å². The van der Waals surface area contributed by atoms with Gasteiger partial charge in [-0.2, -0.15) is 0 Å². The summed E-state index contributed by atoms with van der Waals surface area (Å²) in [4.78, 5) is 18.5. The van der Waals surface area contributed by atoms with Gasteiger partial charge in [0.2, 0.25) is 0 Å². The maximum absolute atomic E-state index is 12.4. The largest absolute Gasteiger partial charge is 0.293 e. The molecule has 1 heterocycles. The summed E-state index contributed by atoms with van der Waals surface area (Å²) in [6, 6.07) is 11.7. The topological polar surface area (TPSA) is 33.2 Å². The van der Waals surface area contributed by atoms with Crippen molar-refractivity contribution in [3.05, 3.63) is 65.5 Å². The summed E-state index contributed by atoms with van der Waals surface area (Å²) >= 11 is 0. The lowest BCUT2D eigenvalue weighted by molar-refractivity contribution is 0.0929. The first-order valence-corrected chi connectivity index (χ1v) is 6.90. The number of ketones is 1. The van der Waals surface area contributed by atoms with E-state index in [1.54, 1.807) is 12.4 Å². The molecule has 0 N–H and O–H groups in total. The smallest absolute Gasteiger partial charge is 0.177 e. The van der Waals surface area contributed by atoms with Crippen LogP contribution in [0.25, 0.3) is 0 Å². The highest BCUT2D eigenvalue weighted by molar-refractivity contribution is 5.98. The minimum absolute atomic E-state index is 0.180. The molecule has 0 atom stereocenters. The van der Waals surface area contributed by atoms with Gasteiger partial charge in [0.05, 0.1) is 6.54 Å². The lowest BCUT2D eigenvalue weighted by Crippen LogP contribution is -2.29. The van der Waals surface area contributed by atoms with Gasteiger partial charge in [-0.1, -0.05) is 31.2 Å². The van der Waals surface area contributed by atoms with Gasteiger partial charge in [0, 0.05) is 24.5 Å². The summed E-state index contributed by atoms with van der Waals surface area (Å²) in [7, 11) is 0. The fourth-order valence-electron chi connectivity index (χ4n) is 2.20. The maximum Gasteiger partial charge on any atom is 0.177 e. The van der Waals surface area contributed by atoms with Crippen molar-refractivity contribution in [2.75, 3.05) is 13.1 Å². The first-order chi connectivity index (χ1) is 9.70. The van der Waals surface area contributed by atoms with Crippen LogP contribution in [-0.2, 0) is 6.54 Å². The molecule has 0 aliphatic carbocycles. The van der Waals surface area contributed by atoms with Crippen LogP contribution in [0.5, 0.6) is 0 Å². The van der Waals surface area contributed by atoms with Gasteiger partial charge in [0.25, 0.3) is 0 Å². The molecule has 1 aromatic carbocycles. The molecular weight excluding hydrogens is 248 g/mol. The fourth-order valence-corrected chi connectivity index (χ4v) is 2.20. The molecule has 0 unspecified atom stereocenters. The molecule has 0 saturated carbocycles. The van der Waals surface area contributed by atoms with Crippen LogP contribution in [0.1, 0.15) is 28.4 Å². The van der Waals surface area contributed by atoms with E-state index in [4.69, 9.17) is 0 Å². The van der Waals surface area contributed by atoms with E-state index in [9.17, 15) is 4.79 Å². The van der Waals surface area contributed by atoms with Crippen LogP contribution in [0.3, 0.4) is 0 Å². The molecule has 0 aliphatic rings. The number of carbonyl (C=O) groups excluding carboxylic acids is 1. The number of benzene rings is 1. The zero-order valence-electron chi connectivity index (χ0n) is 12.0. The van der Waals surface area contributed by atoms with Gasteiger partial charge in [0.15, 0.2) is 5.78 Å². The number of nitrogens with zero attached hydrogens (tertiary/aromatic N) is 2. The van der Waals surface area contributed by atoms with Gasteiger partial charge in [-0.05, 0) is 36.7 Å². The zero-order chi connectivity index (χ0) is 14.4. The number of carbonyl (C=O) groups is 1. The second kappa shape index (κ2) is 6.96. The van der Waals surface area contributed by atoms with Gasteiger partial charge in [-0.15, -0.1) is 0 Å². The third-order valence-corrected chi connectivity index (χ3v) is 3.42. The normalized spacial score (nSPS) is 10.8. The monoisotopic (exact) mass is 268 g/mol. The Morgan fingerprint density at radius 1 is 1.15 bits per heavy atom. The minimum atomic E-state index is 0.180. The van der Waals surface area contributed by atoms with Crippen LogP contribution in [0.15, 0.2) is 48.8 Å². The fraction of sp³-hybridized carbons (Fsp3) is 0.294. The molecule has 0 fully saturated rings. The average Bonchev–Trinajstić information content (AvgIpc) is 2.48. The van der Waals surface area contributed by atoms with E-state index in [-0.39, 0.29) is 5.78 Å².